The maximum atomic E-state index is 11.8. The number of carbonyl (C=O) groups excluding carboxylic acids is 1. The zero-order valence-corrected chi connectivity index (χ0v) is 9.51. The van der Waals surface area contributed by atoms with Crippen LogP contribution in [0, 0.1) is 0 Å². The summed E-state index contributed by atoms with van der Waals surface area (Å²) in [6.45, 7) is 2.75. The predicted octanol–water partition coefficient (Wildman–Crippen LogP) is 0.934. The molecule has 0 atom stereocenters. The molecule has 1 heterocycles. The number of hydrogen-bond acceptors (Lipinski definition) is 2. The van der Waals surface area contributed by atoms with Crippen molar-refractivity contribution >= 4 is 6.03 Å². The minimum Gasteiger partial charge on any atom is -0.341 e. The van der Waals surface area contributed by atoms with Gasteiger partial charge in [-0.25, -0.2) is 4.79 Å². The SMILES string of the molecule is CNC(=O)N1CCNCC12CCCCC2. The first kappa shape index (κ1) is 10.7. The van der Waals surface area contributed by atoms with Crippen molar-refractivity contribution in [3.8, 4) is 0 Å². The van der Waals surface area contributed by atoms with Crippen LogP contribution in [0.25, 0.3) is 0 Å². The molecule has 0 bridgehead atoms. The van der Waals surface area contributed by atoms with Gasteiger partial charge in [0.05, 0.1) is 5.54 Å². The summed E-state index contributed by atoms with van der Waals surface area (Å²) >= 11 is 0. The lowest BCUT2D eigenvalue weighted by Crippen LogP contribution is -2.65. The van der Waals surface area contributed by atoms with Crippen LogP contribution in [0.3, 0.4) is 0 Å². The van der Waals surface area contributed by atoms with Gasteiger partial charge in [-0.1, -0.05) is 19.3 Å². The van der Waals surface area contributed by atoms with E-state index in [-0.39, 0.29) is 11.6 Å². The molecule has 2 N–H and O–H groups in total. The highest BCUT2D eigenvalue weighted by Gasteiger charge is 2.41. The molecule has 15 heavy (non-hydrogen) atoms. The molecule has 4 nitrogen and oxygen atoms in total. The van der Waals surface area contributed by atoms with Gasteiger partial charge in [0, 0.05) is 26.7 Å². The average molecular weight is 211 g/mol. The van der Waals surface area contributed by atoms with E-state index in [1.54, 1.807) is 7.05 Å². The van der Waals surface area contributed by atoms with E-state index in [0.717, 1.165) is 32.5 Å². The minimum absolute atomic E-state index is 0.0957. The summed E-state index contributed by atoms with van der Waals surface area (Å²) in [6.07, 6.45) is 6.16. The van der Waals surface area contributed by atoms with E-state index >= 15 is 0 Å². The normalized spacial score (nSPS) is 25.3. The Balaban J connectivity index is 2.13. The number of amides is 2. The highest BCUT2D eigenvalue weighted by molar-refractivity contribution is 5.75. The first-order chi connectivity index (χ1) is 7.28. The molecule has 2 rings (SSSR count). The first-order valence-electron chi connectivity index (χ1n) is 5.99. The van der Waals surface area contributed by atoms with E-state index in [1.165, 1.54) is 19.3 Å². The second-order valence-corrected chi connectivity index (χ2v) is 4.67. The summed E-state index contributed by atoms with van der Waals surface area (Å²) in [5, 5.41) is 6.20. The smallest absolute Gasteiger partial charge is 0.317 e. The number of nitrogens with one attached hydrogen (secondary N) is 2. The molecule has 1 spiro atoms. The van der Waals surface area contributed by atoms with Gasteiger partial charge in [-0.3, -0.25) is 0 Å². The minimum atomic E-state index is 0.0957. The molecular weight excluding hydrogens is 190 g/mol. The number of nitrogens with zero attached hydrogens (tertiary/aromatic N) is 1. The third kappa shape index (κ3) is 1.95. The highest BCUT2D eigenvalue weighted by Crippen LogP contribution is 2.34. The lowest BCUT2D eigenvalue weighted by atomic mass is 9.79. The molecule has 0 aromatic rings. The van der Waals surface area contributed by atoms with Crippen LogP contribution in [0.4, 0.5) is 4.79 Å². The third-order valence-electron chi connectivity index (χ3n) is 3.78. The summed E-state index contributed by atoms with van der Waals surface area (Å²) in [7, 11) is 1.72. The van der Waals surface area contributed by atoms with Crippen LogP contribution in [0.2, 0.25) is 0 Å². The van der Waals surface area contributed by atoms with Crippen LogP contribution in [-0.4, -0.2) is 43.2 Å². The predicted molar refractivity (Wildman–Crippen MR) is 59.8 cm³/mol. The van der Waals surface area contributed by atoms with Gasteiger partial charge in [-0.2, -0.15) is 0 Å². The summed E-state index contributed by atoms with van der Waals surface area (Å²) in [6, 6.07) is 0.0957. The fourth-order valence-corrected chi connectivity index (χ4v) is 2.95. The van der Waals surface area contributed by atoms with Crippen LogP contribution in [0.5, 0.6) is 0 Å². The molecule has 0 radical (unpaired) electrons. The van der Waals surface area contributed by atoms with Crippen LogP contribution in [0.15, 0.2) is 0 Å². The fourth-order valence-electron chi connectivity index (χ4n) is 2.95. The molecule has 2 amide bonds. The number of piperazine rings is 1. The highest BCUT2D eigenvalue weighted by atomic mass is 16.2. The van der Waals surface area contributed by atoms with E-state index in [9.17, 15) is 4.79 Å². The molecule has 1 saturated heterocycles. The molecule has 1 aliphatic carbocycles. The molecule has 0 unspecified atom stereocenters. The van der Waals surface area contributed by atoms with E-state index in [0.29, 0.717) is 0 Å². The van der Waals surface area contributed by atoms with Gasteiger partial charge in [0.1, 0.15) is 0 Å². The first-order valence-corrected chi connectivity index (χ1v) is 5.99. The molecule has 2 aliphatic rings. The van der Waals surface area contributed by atoms with Gasteiger partial charge in [-0.15, -0.1) is 0 Å². The Kier molecular flexibility index (Phi) is 3.14. The van der Waals surface area contributed by atoms with Crippen LogP contribution >= 0.6 is 0 Å². The molecule has 4 heteroatoms. The summed E-state index contributed by atoms with van der Waals surface area (Å²) in [4.78, 5) is 13.9. The number of hydrogen-bond donors (Lipinski definition) is 2. The largest absolute Gasteiger partial charge is 0.341 e. The second-order valence-electron chi connectivity index (χ2n) is 4.67. The Morgan fingerprint density at radius 2 is 2.07 bits per heavy atom. The van der Waals surface area contributed by atoms with Gasteiger partial charge in [0.2, 0.25) is 0 Å². The Morgan fingerprint density at radius 1 is 1.33 bits per heavy atom. The monoisotopic (exact) mass is 211 g/mol. The molecule has 86 valence electrons. The van der Waals surface area contributed by atoms with Crippen molar-refractivity contribution in [1.29, 1.82) is 0 Å². The summed E-state index contributed by atoms with van der Waals surface area (Å²) in [5.74, 6) is 0. The van der Waals surface area contributed by atoms with Crippen LogP contribution in [-0.2, 0) is 0 Å². The van der Waals surface area contributed by atoms with Crippen molar-refractivity contribution in [3.63, 3.8) is 0 Å². The van der Waals surface area contributed by atoms with Gasteiger partial charge >= 0.3 is 6.03 Å². The lowest BCUT2D eigenvalue weighted by molar-refractivity contribution is 0.0579. The molecule has 2 fully saturated rings. The fraction of sp³-hybridized carbons (Fsp3) is 0.909. The van der Waals surface area contributed by atoms with Gasteiger partial charge in [-0.05, 0) is 12.8 Å². The second kappa shape index (κ2) is 4.39. The van der Waals surface area contributed by atoms with E-state index in [4.69, 9.17) is 0 Å². The Morgan fingerprint density at radius 3 is 2.73 bits per heavy atom. The lowest BCUT2D eigenvalue weighted by Gasteiger charge is -2.49. The third-order valence-corrected chi connectivity index (χ3v) is 3.78. The molecule has 0 aromatic carbocycles. The zero-order chi connectivity index (χ0) is 10.7. The van der Waals surface area contributed by atoms with Crippen molar-refractivity contribution in [1.82, 2.24) is 15.5 Å². The van der Waals surface area contributed by atoms with E-state index in [2.05, 4.69) is 15.5 Å². The van der Waals surface area contributed by atoms with E-state index < -0.39 is 0 Å². The molecule has 1 saturated carbocycles. The standard InChI is InChI=1S/C11H21N3O/c1-12-10(15)14-8-7-13-9-11(14)5-3-2-4-6-11/h13H,2-9H2,1H3,(H,12,15). The average Bonchev–Trinajstić information content (AvgIpc) is 2.30. The maximum Gasteiger partial charge on any atom is 0.317 e. The van der Waals surface area contributed by atoms with Crippen LogP contribution < -0.4 is 10.6 Å². The van der Waals surface area contributed by atoms with Crippen LogP contribution in [0.1, 0.15) is 32.1 Å². The van der Waals surface area contributed by atoms with Gasteiger partial charge < -0.3 is 15.5 Å². The quantitative estimate of drug-likeness (QED) is 0.626. The zero-order valence-electron chi connectivity index (χ0n) is 9.51. The Hall–Kier alpha value is -0.770. The van der Waals surface area contributed by atoms with Gasteiger partial charge in [0.25, 0.3) is 0 Å². The van der Waals surface area contributed by atoms with Crippen molar-refractivity contribution in [3.05, 3.63) is 0 Å². The van der Waals surface area contributed by atoms with Crippen molar-refractivity contribution in [2.75, 3.05) is 26.7 Å². The number of rotatable bonds is 0. The van der Waals surface area contributed by atoms with Crippen molar-refractivity contribution < 1.29 is 4.79 Å². The van der Waals surface area contributed by atoms with Gasteiger partial charge in [0.15, 0.2) is 0 Å². The van der Waals surface area contributed by atoms with Crippen molar-refractivity contribution in [2.24, 2.45) is 0 Å². The summed E-state index contributed by atoms with van der Waals surface area (Å²) in [5.41, 5.74) is 0.108. The Bertz CT molecular complexity index is 228. The molecular formula is C11H21N3O. The topological polar surface area (TPSA) is 44.4 Å². The maximum absolute atomic E-state index is 11.8. The van der Waals surface area contributed by atoms with Crippen molar-refractivity contribution in [2.45, 2.75) is 37.6 Å². The number of carbonyl (C=O) groups is 1. The summed E-state index contributed by atoms with van der Waals surface area (Å²) < 4.78 is 0. The van der Waals surface area contributed by atoms with E-state index in [1.807, 2.05) is 0 Å². The molecule has 1 aliphatic heterocycles. The molecule has 0 aromatic heterocycles. The number of urea groups is 1. The Labute approximate surface area is 91.4 Å².